The summed E-state index contributed by atoms with van der Waals surface area (Å²) in [6.07, 6.45) is 2.16. The Bertz CT molecular complexity index is 503. The summed E-state index contributed by atoms with van der Waals surface area (Å²) in [7, 11) is 0. The predicted molar refractivity (Wildman–Crippen MR) is 90.9 cm³/mol. The van der Waals surface area contributed by atoms with Crippen LogP contribution in [0.4, 0.5) is 5.69 Å². The third kappa shape index (κ3) is 5.34. The van der Waals surface area contributed by atoms with Crippen molar-refractivity contribution >= 4 is 29.0 Å². The van der Waals surface area contributed by atoms with Crippen LogP contribution in [0.1, 0.15) is 49.5 Å². The van der Waals surface area contributed by atoms with E-state index >= 15 is 0 Å². The van der Waals surface area contributed by atoms with E-state index in [1.807, 2.05) is 19.1 Å². The third-order valence-corrected chi connectivity index (χ3v) is 3.40. The van der Waals surface area contributed by atoms with E-state index in [0.29, 0.717) is 23.3 Å². The van der Waals surface area contributed by atoms with Crippen molar-refractivity contribution in [2.75, 3.05) is 11.9 Å². The molecule has 116 valence electrons. The molecular formula is C16H24N2O2S. The van der Waals surface area contributed by atoms with Gasteiger partial charge in [-0.05, 0) is 57.1 Å². The largest absolute Gasteiger partial charge is 0.462 e. The monoisotopic (exact) mass is 308 g/mol. The van der Waals surface area contributed by atoms with E-state index in [4.69, 9.17) is 17.0 Å². The minimum absolute atomic E-state index is 0.308. The Labute approximate surface area is 132 Å². The van der Waals surface area contributed by atoms with E-state index in [0.717, 1.165) is 24.1 Å². The zero-order chi connectivity index (χ0) is 15.8. The molecule has 0 aliphatic rings. The molecule has 1 aromatic rings. The average Bonchev–Trinajstić information content (AvgIpc) is 2.41. The van der Waals surface area contributed by atoms with Gasteiger partial charge in [-0.2, -0.15) is 0 Å². The highest BCUT2D eigenvalue weighted by atomic mass is 32.1. The molecule has 0 heterocycles. The number of ether oxygens (including phenoxy) is 1. The van der Waals surface area contributed by atoms with Crippen molar-refractivity contribution in [3.05, 3.63) is 29.3 Å². The predicted octanol–water partition coefficient (Wildman–Crippen LogP) is 3.65. The first-order chi connectivity index (χ1) is 9.99. The summed E-state index contributed by atoms with van der Waals surface area (Å²) in [5, 5.41) is 6.95. The van der Waals surface area contributed by atoms with Gasteiger partial charge >= 0.3 is 5.97 Å². The van der Waals surface area contributed by atoms with Crippen molar-refractivity contribution in [2.45, 2.75) is 46.6 Å². The fraction of sp³-hybridized carbons (Fsp3) is 0.500. The number of hydrogen-bond donors (Lipinski definition) is 2. The molecule has 0 aromatic heterocycles. The Hall–Kier alpha value is -1.62. The van der Waals surface area contributed by atoms with Gasteiger partial charge in [0.1, 0.15) is 0 Å². The molecule has 5 heteroatoms. The number of hydrogen-bond acceptors (Lipinski definition) is 3. The Morgan fingerprint density at radius 2 is 2.10 bits per heavy atom. The van der Waals surface area contributed by atoms with Crippen LogP contribution in [0.15, 0.2) is 18.2 Å². The van der Waals surface area contributed by atoms with Crippen molar-refractivity contribution in [3.63, 3.8) is 0 Å². The molecule has 0 fully saturated rings. The van der Waals surface area contributed by atoms with Crippen LogP contribution in [0.5, 0.6) is 0 Å². The second-order valence-electron chi connectivity index (χ2n) is 4.99. The zero-order valence-electron chi connectivity index (χ0n) is 13.2. The highest BCUT2D eigenvalue weighted by Gasteiger charge is 2.13. The number of rotatable bonds is 6. The van der Waals surface area contributed by atoms with Crippen LogP contribution >= 0.6 is 12.2 Å². The standard InChI is InChI=1S/C16H24N2O2S/c1-5-8-11(3)17-16(21)18-14-10-7-9-13(12(14)4)15(19)20-6-2/h7,9-11H,5-6,8H2,1-4H3,(H2,17,18,21). The van der Waals surface area contributed by atoms with Crippen LogP contribution in [-0.4, -0.2) is 23.7 Å². The topological polar surface area (TPSA) is 50.4 Å². The molecule has 1 aromatic carbocycles. The highest BCUT2D eigenvalue weighted by Crippen LogP contribution is 2.19. The molecule has 0 aliphatic heterocycles. The Balaban J connectivity index is 2.78. The molecule has 21 heavy (non-hydrogen) atoms. The highest BCUT2D eigenvalue weighted by molar-refractivity contribution is 7.80. The number of carbonyl (C=O) groups excluding carboxylic acids is 1. The molecule has 0 amide bonds. The molecule has 0 spiro atoms. The average molecular weight is 308 g/mol. The van der Waals surface area contributed by atoms with E-state index in [2.05, 4.69) is 24.5 Å². The number of thiocarbonyl (C=S) groups is 1. The van der Waals surface area contributed by atoms with E-state index in [-0.39, 0.29) is 5.97 Å². The number of carbonyl (C=O) groups is 1. The van der Waals surface area contributed by atoms with E-state index < -0.39 is 0 Å². The summed E-state index contributed by atoms with van der Waals surface area (Å²) < 4.78 is 5.05. The maximum absolute atomic E-state index is 11.9. The van der Waals surface area contributed by atoms with Gasteiger partial charge in [-0.25, -0.2) is 4.79 Å². The van der Waals surface area contributed by atoms with Gasteiger partial charge in [-0.1, -0.05) is 19.4 Å². The molecule has 1 unspecified atom stereocenters. The minimum Gasteiger partial charge on any atom is -0.462 e. The lowest BCUT2D eigenvalue weighted by atomic mass is 10.1. The summed E-state index contributed by atoms with van der Waals surface area (Å²) in [5.74, 6) is -0.308. The molecule has 0 bridgehead atoms. The maximum atomic E-state index is 11.9. The first kappa shape index (κ1) is 17.4. The summed E-state index contributed by atoms with van der Waals surface area (Å²) in [5.41, 5.74) is 2.22. The van der Waals surface area contributed by atoms with E-state index in [1.165, 1.54) is 0 Å². The van der Waals surface area contributed by atoms with Gasteiger partial charge in [-0.3, -0.25) is 0 Å². The molecule has 2 N–H and O–H groups in total. The second-order valence-corrected chi connectivity index (χ2v) is 5.40. The smallest absolute Gasteiger partial charge is 0.338 e. The molecule has 0 radical (unpaired) electrons. The first-order valence-electron chi connectivity index (χ1n) is 7.33. The van der Waals surface area contributed by atoms with E-state index in [9.17, 15) is 4.79 Å². The van der Waals surface area contributed by atoms with Crippen LogP contribution in [0, 0.1) is 6.92 Å². The van der Waals surface area contributed by atoms with Gasteiger partial charge in [0.25, 0.3) is 0 Å². The SMILES string of the molecule is CCCC(C)NC(=S)Nc1cccc(C(=O)OCC)c1C. The molecule has 4 nitrogen and oxygen atoms in total. The second kappa shape index (κ2) is 8.62. The normalized spacial score (nSPS) is 11.6. The van der Waals surface area contributed by atoms with Crippen LogP contribution in [0.25, 0.3) is 0 Å². The Kier molecular flexibility index (Phi) is 7.15. The lowest BCUT2D eigenvalue weighted by molar-refractivity contribution is 0.0525. The first-order valence-corrected chi connectivity index (χ1v) is 7.74. The van der Waals surface area contributed by atoms with Crippen molar-refractivity contribution in [2.24, 2.45) is 0 Å². The molecule has 0 saturated heterocycles. The molecule has 0 saturated carbocycles. The quantitative estimate of drug-likeness (QED) is 0.620. The van der Waals surface area contributed by atoms with Crippen molar-refractivity contribution in [3.8, 4) is 0 Å². The lowest BCUT2D eigenvalue weighted by Crippen LogP contribution is -2.36. The molecule has 0 aliphatic carbocycles. The fourth-order valence-corrected chi connectivity index (χ4v) is 2.40. The summed E-state index contributed by atoms with van der Waals surface area (Å²) in [4.78, 5) is 11.9. The Morgan fingerprint density at radius 1 is 1.38 bits per heavy atom. The number of esters is 1. The van der Waals surface area contributed by atoms with Gasteiger partial charge in [0.2, 0.25) is 0 Å². The van der Waals surface area contributed by atoms with Crippen molar-refractivity contribution in [1.29, 1.82) is 0 Å². The maximum Gasteiger partial charge on any atom is 0.338 e. The van der Waals surface area contributed by atoms with Gasteiger partial charge in [0, 0.05) is 11.7 Å². The molecule has 1 rings (SSSR count). The number of anilines is 1. The summed E-state index contributed by atoms with van der Waals surface area (Å²) >= 11 is 5.31. The summed E-state index contributed by atoms with van der Waals surface area (Å²) in [6.45, 7) is 8.28. The Morgan fingerprint density at radius 3 is 2.71 bits per heavy atom. The van der Waals surface area contributed by atoms with E-state index in [1.54, 1.807) is 13.0 Å². The lowest BCUT2D eigenvalue weighted by Gasteiger charge is -2.18. The number of benzene rings is 1. The molecular weight excluding hydrogens is 284 g/mol. The zero-order valence-corrected chi connectivity index (χ0v) is 14.0. The fourth-order valence-electron chi connectivity index (χ4n) is 2.09. The molecule has 1 atom stereocenters. The van der Waals surface area contributed by atoms with Gasteiger partial charge in [0.05, 0.1) is 12.2 Å². The van der Waals surface area contributed by atoms with Gasteiger partial charge in [0.15, 0.2) is 5.11 Å². The van der Waals surface area contributed by atoms with Gasteiger partial charge in [-0.15, -0.1) is 0 Å². The van der Waals surface area contributed by atoms with Crippen molar-refractivity contribution in [1.82, 2.24) is 5.32 Å². The van der Waals surface area contributed by atoms with Crippen molar-refractivity contribution < 1.29 is 9.53 Å². The van der Waals surface area contributed by atoms with Crippen LogP contribution in [-0.2, 0) is 4.74 Å². The van der Waals surface area contributed by atoms with Crippen LogP contribution in [0.2, 0.25) is 0 Å². The van der Waals surface area contributed by atoms with Gasteiger partial charge < -0.3 is 15.4 Å². The minimum atomic E-state index is -0.308. The summed E-state index contributed by atoms with van der Waals surface area (Å²) in [6, 6.07) is 5.80. The third-order valence-electron chi connectivity index (χ3n) is 3.18. The van der Waals surface area contributed by atoms with Crippen LogP contribution < -0.4 is 10.6 Å². The van der Waals surface area contributed by atoms with Crippen LogP contribution in [0.3, 0.4) is 0 Å². The number of nitrogens with one attached hydrogen (secondary N) is 2.